The van der Waals surface area contributed by atoms with E-state index in [9.17, 15) is 0 Å². The van der Waals surface area contributed by atoms with Crippen LogP contribution in [0.5, 0.6) is 0 Å². The van der Waals surface area contributed by atoms with Crippen molar-refractivity contribution in [2.45, 2.75) is 19.6 Å². The summed E-state index contributed by atoms with van der Waals surface area (Å²) in [6, 6.07) is 95.0. The van der Waals surface area contributed by atoms with Gasteiger partial charge in [-0.2, -0.15) is 0 Å². The van der Waals surface area contributed by atoms with Crippen LogP contribution in [0.4, 0.5) is 17.1 Å². The monoisotopic (exact) mass is 1080 g/mol. The molecule has 358 valence electrons. The van der Waals surface area contributed by atoms with Crippen LogP contribution >= 0.6 is 26.7 Å². The average Bonchev–Trinajstić information content (AvgIpc) is 3.44. The molecule has 0 N–H and O–H groups in total. The zero-order chi connectivity index (χ0) is 48.7. The third kappa shape index (κ3) is 10.3. The van der Waals surface area contributed by atoms with Crippen LogP contribution in [-0.2, 0) is 19.6 Å². The quantitative estimate of drug-likeness (QED) is 0.121. The predicted octanol–water partition coefficient (Wildman–Crippen LogP) is 14.5. The SMILES string of the molecule is [Se]=P12CCP(c3ccccc3)(c3ccccc3)=Nc3ccccc3CN(Cc3ccccc3N=P(c3ccccc3)(c3ccccc3)CC1)Cc1ccccc1N=P(c1ccccc1)(c1ccccc1)CC2. The predicted molar refractivity (Wildman–Crippen MR) is 318 cm³/mol. The number of nitrogens with zero attached hydrogens (tertiary/aromatic N) is 4. The Balaban J connectivity index is 1.26. The molecule has 3 heterocycles. The summed E-state index contributed by atoms with van der Waals surface area (Å²) in [4.78, 5) is 2.63. The minimum atomic E-state index is -2.47. The number of rotatable bonds is 6. The first-order chi connectivity index (χ1) is 35.4. The van der Waals surface area contributed by atoms with E-state index in [4.69, 9.17) is 14.2 Å². The molecule has 0 spiro atoms. The van der Waals surface area contributed by atoms with Gasteiger partial charge in [-0.05, 0) is 0 Å². The fraction of sp³-hybridized carbons (Fsp3) is 0.143. The van der Waals surface area contributed by atoms with E-state index in [2.05, 4.69) is 275 Å². The van der Waals surface area contributed by atoms with Gasteiger partial charge in [-0.3, -0.25) is 0 Å². The molecule has 0 atom stereocenters. The molecule has 0 saturated heterocycles. The molecule has 0 saturated carbocycles. The van der Waals surface area contributed by atoms with Crippen molar-refractivity contribution >= 4 is 90.7 Å². The van der Waals surface area contributed by atoms with Crippen molar-refractivity contribution in [2.24, 2.45) is 14.2 Å². The van der Waals surface area contributed by atoms with Crippen molar-refractivity contribution in [3.8, 4) is 0 Å². The van der Waals surface area contributed by atoms with Gasteiger partial charge in [-0.25, -0.2) is 0 Å². The van der Waals surface area contributed by atoms with Gasteiger partial charge < -0.3 is 0 Å². The number of hydrogen-bond donors (Lipinski definition) is 0. The summed E-state index contributed by atoms with van der Waals surface area (Å²) >= 11 is 4.21. The summed E-state index contributed by atoms with van der Waals surface area (Å²) in [7, 11) is -7.42. The molecule has 0 unspecified atom stereocenters. The number of hydrogen-bond acceptors (Lipinski definition) is 4. The van der Waals surface area contributed by atoms with Crippen LogP contribution in [0.3, 0.4) is 0 Å². The standard InChI is InChI=1S/C63H60N4P4Se/c72-68-43-46-69(55-28-7-1-8-29-55,56-30-9-2-10-31-56)64-61-40-22-19-25-52(61)49-67(50-53-26-20-23-41-62(53)65-70(47-44-68,57-32-11-3-12-33-57)58-34-13-4-14-35-58)51-54-27-21-24-42-63(54)66-71(48-45-68,59-36-15-5-16-37-59)60-38-17-6-18-39-60/h1-42H,43-51H2. The Hall–Kier alpha value is -5.42. The molecule has 3 aliphatic heterocycles. The summed E-state index contributed by atoms with van der Waals surface area (Å²) in [5.74, 6) is 0. The van der Waals surface area contributed by atoms with Gasteiger partial charge in [0, 0.05) is 0 Å². The van der Waals surface area contributed by atoms with Crippen LogP contribution in [0.2, 0.25) is 0 Å². The second kappa shape index (κ2) is 22.0. The summed E-state index contributed by atoms with van der Waals surface area (Å²) in [5, 5.41) is 7.97. The van der Waals surface area contributed by atoms with Crippen molar-refractivity contribution in [3.63, 3.8) is 0 Å². The van der Waals surface area contributed by atoms with E-state index in [1.165, 1.54) is 48.5 Å². The molecule has 4 nitrogen and oxygen atoms in total. The summed E-state index contributed by atoms with van der Waals surface area (Å²) in [5.41, 5.74) is 4.89. The Morgan fingerprint density at radius 1 is 0.264 bits per heavy atom. The molecule has 3 aliphatic rings. The van der Waals surface area contributed by atoms with Crippen LogP contribution in [0, 0.1) is 0 Å². The van der Waals surface area contributed by atoms with Gasteiger partial charge in [-0.1, -0.05) is 0 Å². The molecule has 0 amide bonds. The summed E-state index contributed by atoms with van der Waals surface area (Å²) in [6.07, 6.45) is 5.94. The van der Waals surface area contributed by atoms with Crippen LogP contribution in [0.15, 0.2) is 269 Å². The van der Waals surface area contributed by atoms with Gasteiger partial charge in [0.2, 0.25) is 0 Å². The summed E-state index contributed by atoms with van der Waals surface area (Å²) in [6.45, 7) is 2.08. The Morgan fingerprint density at radius 2 is 0.472 bits per heavy atom. The fourth-order valence-corrected chi connectivity index (χ4v) is 33.0. The minimum absolute atomic E-state index is 0.694. The van der Waals surface area contributed by atoms with E-state index in [1.54, 1.807) is 0 Å². The first-order valence-corrected chi connectivity index (χ1v) is 35.5. The second-order valence-electron chi connectivity index (χ2n) is 19.1. The van der Waals surface area contributed by atoms with Crippen LogP contribution < -0.4 is 31.8 Å². The average molecular weight is 1080 g/mol. The summed E-state index contributed by atoms with van der Waals surface area (Å²) < 4.78 is 18.9. The van der Waals surface area contributed by atoms with Crippen molar-refractivity contribution in [3.05, 3.63) is 271 Å². The fourth-order valence-electron chi connectivity index (χ4n) is 10.8. The van der Waals surface area contributed by atoms with Gasteiger partial charge >= 0.3 is 438 Å². The third-order valence-electron chi connectivity index (χ3n) is 14.6. The zero-order valence-corrected chi connectivity index (χ0v) is 45.9. The Kier molecular flexibility index (Phi) is 14.9. The van der Waals surface area contributed by atoms with Crippen molar-refractivity contribution in [1.29, 1.82) is 0 Å². The molecule has 2 bridgehead atoms. The van der Waals surface area contributed by atoms with Crippen molar-refractivity contribution < 1.29 is 0 Å². The van der Waals surface area contributed by atoms with Crippen LogP contribution in [-0.4, -0.2) is 57.0 Å². The van der Waals surface area contributed by atoms with Gasteiger partial charge in [0.25, 0.3) is 0 Å². The van der Waals surface area contributed by atoms with Crippen molar-refractivity contribution in [2.75, 3.05) is 37.0 Å². The molecule has 0 radical (unpaired) electrons. The maximum atomic E-state index is 6.30. The van der Waals surface area contributed by atoms with E-state index in [1.807, 2.05) is 0 Å². The number of benzene rings is 9. The molecule has 0 fully saturated rings. The molecule has 72 heavy (non-hydrogen) atoms. The molecule has 9 aromatic carbocycles. The van der Waals surface area contributed by atoms with E-state index < -0.39 is 26.7 Å². The Labute approximate surface area is 435 Å². The zero-order valence-electron chi connectivity index (χ0n) is 40.6. The van der Waals surface area contributed by atoms with Gasteiger partial charge in [-0.15, -0.1) is 0 Å². The van der Waals surface area contributed by atoms with Crippen molar-refractivity contribution in [1.82, 2.24) is 4.90 Å². The first kappa shape index (κ1) is 48.8. The molecular weight excluding hydrogens is 1020 g/mol. The van der Waals surface area contributed by atoms with E-state index >= 15 is 0 Å². The molecule has 9 aromatic rings. The molecule has 0 aromatic heterocycles. The third-order valence-corrected chi connectivity index (χ3v) is 33.4. The molecule has 12 rings (SSSR count). The number of fused-ring (bicyclic) bond motifs is 6. The molecular formula is C63H60N4P4Se. The topological polar surface area (TPSA) is 40.3 Å². The maximum absolute atomic E-state index is 6.30. The van der Waals surface area contributed by atoms with Gasteiger partial charge in [0.05, 0.1) is 0 Å². The first-order valence-electron chi connectivity index (χ1n) is 25.1. The molecule has 0 aliphatic carbocycles. The van der Waals surface area contributed by atoms with E-state index in [-0.39, 0.29) is 0 Å². The van der Waals surface area contributed by atoms with Gasteiger partial charge in [0.1, 0.15) is 0 Å². The second-order valence-corrected chi connectivity index (χ2v) is 37.0. The van der Waals surface area contributed by atoms with E-state index in [0.717, 1.165) is 54.0 Å². The normalized spacial score (nSPS) is 19.5. The Bertz CT molecular complexity index is 3010. The van der Waals surface area contributed by atoms with E-state index in [0.29, 0.717) is 19.6 Å². The van der Waals surface area contributed by atoms with Crippen LogP contribution in [0.25, 0.3) is 0 Å². The molecule has 9 heteroatoms. The van der Waals surface area contributed by atoms with Crippen LogP contribution in [0.1, 0.15) is 16.7 Å². The Morgan fingerprint density at radius 3 is 0.708 bits per heavy atom. The van der Waals surface area contributed by atoms with Gasteiger partial charge in [0.15, 0.2) is 0 Å².